The summed E-state index contributed by atoms with van der Waals surface area (Å²) in [5.74, 6) is -0.563. The first-order valence-corrected chi connectivity index (χ1v) is 6.88. The average molecular weight is 299 g/mol. The van der Waals surface area contributed by atoms with Crippen LogP contribution in [0.5, 0.6) is 0 Å². The van der Waals surface area contributed by atoms with Crippen molar-refractivity contribution in [1.82, 2.24) is 4.90 Å². The summed E-state index contributed by atoms with van der Waals surface area (Å²) < 4.78 is 10.8. The maximum Gasteiger partial charge on any atom is 0.321 e. The van der Waals surface area contributed by atoms with Gasteiger partial charge in [0, 0.05) is 50.9 Å². The summed E-state index contributed by atoms with van der Waals surface area (Å²) in [5.41, 5.74) is 0.692. The van der Waals surface area contributed by atoms with Crippen LogP contribution in [-0.2, 0) is 9.47 Å². The average Bonchev–Trinajstić information content (AvgIpc) is 2.47. The molecular formula is C14H19ClN2O3. The summed E-state index contributed by atoms with van der Waals surface area (Å²) in [6, 6.07) is 6.96. The highest BCUT2D eigenvalue weighted by molar-refractivity contribution is 6.30. The highest BCUT2D eigenvalue weighted by Crippen LogP contribution is 2.26. The Kier molecular flexibility index (Phi) is 4.86. The third kappa shape index (κ3) is 3.42. The molecule has 0 radical (unpaired) electrons. The van der Waals surface area contributed by atoms with Crippen molar-refractivity contribution in [1.29, 1.82) is 0 Å². The number of urea groups is 1. The summed E-state index contributed by atoms with van der Waals surface area (Å²) >= 11 is 5.89. The van der Waals surface area contributed by atoms with Gasteiger partial charge in [-0.1, -0.05) is 17.7 Å². The van der Waals surface area contributed by atoms with E-state index in [-0.39, 0.29) is 6.03 Å². The molecule has 1 saturated heterocycles. The van der Waals surface area contributed by atoms with Crippen LogP contribution in [0.1, 0.15) is 12.8 Å². The molecule has 0 aliphatic carbocycles. The predicted octanol–water partition coefficient (Wildman–Crippen LogP) is 2.96. The van der Waals surface area contributed by atoms with Gasteiger partial charge >= 0.3 is 6.03 Å². The van der Waals surface area contributed by atoms with Crippen molar-refractivity contribution in [3.8, 4) is 0 Å². The first kappa shape index (κ1) is 15.1. The minimum atomic E-state index is -0.563. The number of ether oxygens (including phenoxy) is 2. The van der Waals surface area contributed by atoms with E-state index in [0.29, 0.717) is 36.6 Å². The van der Waals surface area contributed by atoms with Gasteiger partial charge in [-0.3, -0.25) is 0 Å². The molecule has 0 unspecified atom stereocenters. The van der Waals surface area contributed by atoms with Gasteiger partial charge in [-0.25, -0.2) is 4.79 Å². The van der Waals surface area contributed by atoms with Crippen molar-refractivity contribution >= 4 is 23.3 Å². The molecule has 1 N–H and O–H groups in total. The fraction of sp³-hybridized carbons (Fsp3) is 0.500. The summed E-state index contributed by atoms with van der Waals surface area (Å²) in [4.78, 5) is 13.9. The summed E-state index contributed by atoms with van der Waals surface area (Å²) in [6.07, 6.45) is 1.31. The van der Waals surface area contributed by atoms with Crippen LogP contribution in [0.4, 0.5) is 10.5 Å². The Morgan fingerprint density at radius 1 is 1.30 bits per heavy atom. The van der Waals surface area contributed by atoms with E-state index in [1.807, 2.05) is 6.07 Å². The fourth-order valence-electron chi connectivity index (χ4n) is 2.31. The number of likely N-dealkylation sites (tertiary alicyclic amines) is 1. The number of methoxy groups -OCH3 is 2. The van der Waals surface area contributed by atoms with Gasteiger partial charge in [0.25, 0.3) is 0 Å². The van der Waals surface area contributed by atoms with Crippen LogP contribution in [0.3, 0.4) is 0 Å². The van der Waals surface area contributed by atoms with E-state index in [1.54, 1.807) is 37.3 Å². The SMILES string of the molecule is COC1(OC)CCN(C(=O)Nc2cccc(Cl)c2)CC1. The third-order valence-corrected chi connectivity index (χ3v) is 3.87. The Bertz CT molecular complexity index is 467. The van der Waals surface area contributed by atoms with Gasteiger partial charge in [0.05, 0.1) is 0 Å². The molecule has 0 saturated carbocycles. The maximum atomic E-state index is 12.2. The van der Waals surface area contributed by atoms with Gasteiger partial charge in [0.2, 0.25) is 0 Å². The van der Waals surface area contributed by atoms with Crippen molar-refractivity contribution in [3.05, 3.63) is 29.3 Å². The zero-order valence-electron chi connectivity index (χ0n) is 11.7. The van der Waals surface area contributed by atoms with E-state index in [1.165, 1.54) is 0 Å². The van der Waals surface area contributed by atoms with Gasteiger partial charge < -0.3 is 19.7 Å². The number of piperidine rings is 1. The standard InChI is InChI=1S/C14H19ClN2O3/c1-19-14(20-2)6-8-17(9-7-14)13(18)16-12-5-3-4-11(15)10-12/h3-5,10H,6-9H2,1-2H3,(H,16,18). The van der Waals surface area contributed by atoms with E-state index in [2.05, 4.69) is 5.32 Å². The summed E-state index contributed by atoms with van der Waals surface area (Å²) in [5, 5.41) is 3.43. The Morgan fingerprint density at radius 3 is 2.50 bits per heavy atom. The number of carbonyl (C=O) groups excluding carboxylic acids is 1. The van der Waals surface area contributed by atoms with Crippen molar-refractivity contribution in [3.63, 3.8) is 0 Å². The first-order chi connectivity index (χ1) is 9.58. The second-order valence-corrected chi connectivity index (χ2v) is 5.18. The largest absolute Gasteiger partial charge is 0.353 e. The van der Waals surface area contributed by atoms with Crippen LogP contribution in [0.15, 0.2) is 24.3 Å². The molecule has 2 rings (SSSR count). The number of nitrogens with zero attached hydrogens (tertiary/aromatic N) is 1. The molecule has 1 aliphatic rings. The molecule has 6 heteroatoms. The molecule has 1 aliphatic heterocycles. The fourth-order valence-corrected chi connectivity index (χ4v) is 2.50. The van der Waals surface area contributed by atoms with Crippen molar-refractivity contribution < 1.29 is 14.3 Å². The van der Waals surface area contributed by atoms with E-state index in [4.69, 9.17) is 21.1 Å². The molecule has 20 heavy (non-hydrogen) atoms. The highest BCUT2D eigenvalue weighted by Gasteiger charge is 2.35. The van der Waals surface area contributed by atoms with Gasteiger partial charge in [-0.05, 0) is 18.2 Å². The predicted molar refractivity (Wildman–Crippen MR) is 78.0 cm³/mol. The van der Waals surface area contributed by atoms with Crippen molar-refractivity contribution in [2.24, 2.45) is 0 Å². The van der Waals surface area contributed by atoms with Crippen LogP contribution in [-0.4, -0.2) is 44.0 Å². The molecule has 1 aromatic carbocycles. The maximum absolute atomic E-state index is 12.2. The number of anilines is 1. The van der Waals surface area contributed by atoms with E-state index in [0.717, 1.165) is 0 Å². The monoisotopic (exact) mass is 298 g/mol. The minimum Gasteiger partial charge on any atom is -0.353 e. The van der Waals surface area contributed by atoms with Crippen LogP contribution in [0.2, 0.25) is 5.02 Å². The quantitative estimate of drug-likeness (QED) is 0.873. The lowest BCUT2D eigenvalue weighted by Crippen LogP contribution is -2.49. The molecule has 5 nitrogen and oxygen atoms in total. The van der Waals surface area contributed by atoms with Crippen molar-refractivity contribution in [2.45, 2.75) is 18.6 Å². The zero-order valence-corrected chi connectivity index (χ0v) is 12.4. The molecule has 0 atom stereocenters. The third-order valence-electron chi connectivity index (χ3n) is 3.63. The number of nitrogens with one attached hydrogen (secondary N) is 1. The Labute approximate surface area is 123 Å². The van der Waals surface area contributed by atoms with Gasteiger partial charge in [0.15, 0.2) is 5.79 Å². The van der Waals surface area contributed by atoms with Crippen LogP contribution in [0, 0.1) is 0 Å². The second kappa shape index (κ2) is 6.43. The number of amides is 2. The lowest BCUT2D eigenvalue weighted by molar-refractivity contribution is -0.226. The molecule has 1 heterocycles. The summed E-state index contributed by atoms with van der Waals surface area (Å²) in [6.45, 7) is 1.18. The normalized spacial score (nSPS) is 17.9. The Balaban J connectivity index is 1.92. The first-order valence-electron chi connectivity index (χ1n) is 6.50. The lowest BCUT2D eigenvalue weighted by atomic mass is 10.0. The van der Waals surface area contributed by atoms with E-state index < -0.39 is 5.79 Å². The number of carbonyl (C=O) groups is 1. The van der Waals surface area contributed by atoms with Crippen LogP contribution in [0.25, 0.3) is 0 Å². The highest BCUT2D eigenvalue weighted by atomic mass is 35.5. The van der Waals surface area contributed by atoms with Gasteiger partial charge in [-0.15, -0.1) is 0 Å². The molecule has 2 amide bonds. The Morgan fingerprint density at radius 2 is 1.95 bits per heavy atom. The molecule has 1 aromatic rings. The smallest absolute Gasteiger partial charge is 0.321 e. The Hall–Kier alpha value is -1.30. The number of halogens is 1. The lowest BCUT2D eigenvalue weighted by Gasteiger charge is -2.39. The number of benzene rings is 1. The van der Waals surface area contributed by atoms with Gasteiger partial charge in [-0.2, -0.15) is 0 Å². The summed E-state index contributed by atoms with van der Waals surface area (Å²) in [7, 11) is 3.26. The molecule has 0 bridgehead atoms. The van der Waals surface area contributed by atoms with Crippen molar-refractivity contribution in [2.75, 3.05) is 32.6 Å². The molecular weight excluding hydrogens is 280 g/mol. The number of hydrogen-bond donors (Lipinski definition) is 1. The second-order valence-electron chi connectivity index (χ2n) is 4.75. The van der Waals surface area contributed by atoms with Crippen LogP contribution >= 0.6 is 11.6 Å². The van der Waals surface area contributed by atoms with Crippen LogP contribution < -0.4 is 5.32 Å². The number of hydrogen-bond acceptors (Lipinski definition) is 3. The van der Waals surface area contributed by atoms with E-state index >= 15 is 0 Å². The number of rotatable bonds is 3. The molecule has 0 aromatic heterocycles. The topological polar surface area (TPSA) is 50.8 Å². The minimum absolute atomic E-state index is 0.131. The molecule has 110 valence electrons. The zero-order chi connectivity index (χ0) is 14.6. The van der Waals surface area contributed by atoms with Gasteiger partial charge in [0.1, 0.15) is 0 Å². The van der Waals surface area contributed by atoms with E-state index in [9.17, 15) is 4.79 Å². The molecule has 0 spiro atoms. The molecule has 1 fully saturated rings.